The SMILES string of the molecule is ISN1CCN(CCN2CCN(SI)CCN(SI)CC2)CCN(SI)CC1. The first-order valence-electron chi connectivity index (χ1n) is 9.27. The van der Waals surface area contributed by atoms with Crippen molar-refractivity contribution in [3.05, 3.63) is 0 Å². The predicted octanol–water partition coefficient (Wildman–Crippen LogP) is 4.82. The fraction of sp³-hybridized carbons (Fsp3) is 1.00. The summed E-state index contributed by atoms with van der Waals surface area (Å²) in [5.41, 5.74) is 0. The fourth-order valence-corrected chi connectivity index (χ4v) is 9.07. The molecule has 0 saturated carbocycles. The van der Waals surface area contributed by atoms with Gasteiger partial charge in [-0.15, -0.1) is 0 Å². The molecular weight excluding hydrogens is 888 g/mol. The second kappa shape index (κ2) is 17.5. The van der Waals surface area contributed by atoms with Gasteiger partial charge in [-0.1, -0.05) is 0 Å². The minimum atomic E-state index is 1.15. The second-order valence-corrected chi connectivity index (χ2v) is 14.0. The maximum atomic E-state index is 2.67. The van der Waals surface area contributed by atoms with E-state index in [2.05, 4.69) is 112 Å². The van der Waals surface area contributed by atoms with Crippen molar-refractivity contribution in [1.29, 1.82) is 0 Å². The van der Waals surface area contributed by atoms with Crippen LogP contribution in [0.25, 0.3) is 0 Å². The summed E-state index contributed by atoms with van der Waals surface area (Å²) in [6.45, 7) is 16.3. The smallest absolute Gasteiger partial charge is 0.0235 e. The van der Waals surface area contributed by atoms with E-state index in [4.69, 9.17) is 0 Å². The predicted molar refractivity (Wildman–Crippen MR) is 166 cm³/mol. The van der Waals surface area contributed by atoms with Gasteiger partial charge < -0.3 is 0 Å². The third-order valence-corrected chi connectivity index (χ3v) is 13.9. The molecule has 0 atom stereocenters. The molecule has 0 N–H and O–H groups in total. The van der Waals surface area contributed by atoms with E-state index in [0.29, 0.717) is 0 Å². The van der Waals surface area contributed by atoms with Gasteiger partial charge in [-0.3, -0.25) is 9.80 Å². The van der Waals surface area contributed by atoms with E-state index >= 15 is 0 Å². The molecule has 0 spiro atoms. The van der Waals surface area contributed by atoms with Gasteiger partial charge >= 0.3 is 0 Å². The first-order valence-corrected chi connectivity index (χ1v) is 22.5. The van der Waals surface area contributed by atoms with Crippen LogP contribution >= 0.6 is 121 Å². The highest BCUT2D eigenvalue weighted by Crippen LogP contribution is 2.24. The highest BCUT2D eigenvalue weighted by Gasteiger charge is 2.19. The monoisotopic (exact) mass is 916 g/mol. The molecule has 6 nitrogen and oxygen atoms in total. The normalized spacial score (nSPS) is 24.9. The van der Waals surface area contributed by atoms with E-state index in [0.717, 1.165) is 52.4 Å². The van der Waals surface area contributed by atoms with Gasteiger partial charge in [0, 0.05) is 176 Å². The van der Waals surface area contributed by atoms with E-state index < -0.39 is 0 Å². The Morgan fingerprint density at radius 3 is 0.821 bits per heavy atom. The van der Waals surface area contributed by atoms with Crippen LogP contribution < -0.4 is 0 Å². The molecule has 14 heteroatoms. The molecule has 0 aliphatic carbocycles. The fourth-order valence-electron chi connectivity index (χ4n) is 3.13. The Morgan fingerprint density at radius 2 is 0.607 bits per heavy atom. The van der Waals surface area contributed by atoms with Gasteiger partial charge in [0.1, 0.15) is 0 Å². The first-order chi connectivity index (χ1) is 13.7. The minimum absolute atomic E-state index is 1.15. The van der Waals surface area contributed by atoms with Gasteiger partial charge in [-0.25, -0.2) is 17.2 Å². The van der Waals surface area contributed by atoms with Crippen LogP contribution in [-0.2, 0) is 0 Å². The van der Waals surface area contributed by atoms with Crippen LogP contribution in [0.5, 0.6) is 0 Å². The van der Waals surface area contributed by atoms with Crippen molar-refractivity contribution in [2.24, 2.45) is 0 Å². The zero-order valence-corrected chi connectivity index (χ0v) is 27.6. The van der Waals surface area contributed by atoms with Crippen molar-refractivity contribution >= 4 is 121 Å². The third-order valence-electron chi connectivity index (χ3n) is 4.98. The number of hydrogen-bond acceptors (Lipinski definition) is 10. The molecule has 0 aromatic carbocycles. The largest absolute Gasteiger partial charge is 0.299 e. The standard InChI is InChI=1S/C14H28I4N6S4/c15-25-21-7-3-19(4-8-22(26-16)12-11-21)1-2-20-5-9-23(27-17)13-14-24(28-18)10-6-20/h1-14H2. The van der Waals surface area contributed by atoms with Gasteiger partial charge in [0.15, 0.2) is 0 Å². The van der Waals surface area contributed by atoms with Gasteiger partial charge in [-0.2, -0.15) is 0 Å². The maximum Gasteiger partial charge on any atom is 0.0235 e. The molecule has 0 radical (unpaired) electrons. The Balaban J connectivity index is 1.87. The average Bonchev–Trinajstić information content (AvgIpc) is 2.89. The average molecular weight is 916 g/mol. The molecule has 2 rings (SSSR count). The Bertz CT molecular complexity index is 354. The zero-order chi connectivity index (χ0) is 20.2. The Kier molecular flexibility index (Phi) is 17.7. The minimum Gasteiger partial charge on any atom is -0.299 e. The summed E-state index contributed by atoms with van der Waals surface area (Å²) in [4.78, 5) is 5.35. The van der Waals surface area contributed by atoms with Crippen molar-refractivity contribution in [2.45, 2.75) is 0 Å². The Labute approximate surface area is 236 Å². The van der Waals surface area contributed by atoms with Crippen LogP contribution in [0.15, 0.2) is 0 Å². The maximum absolute atomic E-state index is 2.67. The number of halogens is 4. The highest BCUT2D eigenvalue weighted by atomic mass is 127. The van der Waals surface area contributed by atoms with E-state index in [-0.39, 0.29) is 0 Å². The van der Waals surface area contributed by atoms with Gasteiger partial charge in [0.05, 0.1) is 0 Å². The van der Waals surface area contributed by atoms with Crippen molar-refractivity contribution in [2.75, 3.05) is 91.6 Å². The van der Waals surface area contributed by atoms with E-state index in [9.17, 15) is 0 Å². The molecule has 2 aliphatic heterocycles. The van der Waals surface area contributed by atoms with Crippen LogP contribution in [0.2, 0.25) is 0 Å². The summed E-state index contributed by atoms with van der Waals surface area (Å²) in [6.07, 6.45) is 0. The van der Waals surface area contributed by atoms with Crippen LogP contribution in [-0.4, -0.2) is 119 Å². The summed E-state index contributed by atoms with van der Waals surface area (Å²) in [6, 6.07) is 0. The number of nitrogens with zero attached hydrogens (tertiary/aromatic N) is 6. The molecule has 0 unspecified atom stereocenters. The lowest BCUT2D eigenvalue weighted by atomic mass is 10.3. The van der Waals surface area contributed by atoms with Crippen LogP contribution in [0.1, 0.15) is 0 Å². The zero-order valence-electron chi connectivity index (χ0n) is 15.7. The Morgan fingerprint density at radius 1 is 0.393 bits per heavy atom. The summed E-state index contributed by atoms with van der Waals surface area (Å²) < 4.78 is 10.0. The van der Waals surface area contributed by atoms with Crippen LogP contribution in [0.3, 0.4) is 0 Å². The molecule has 2 fully saturated rings. The van der Waals surface area contributed by atoms with Crippen molar-refractivity contribution < 1.29 is 0 Å². The Hall–Kier alpha value is 4.08. The first kappa shape index (κ1) is 28.3. The van der Waals surface area contributed by atoms with Crippen molar-refractivity contribution in [1.82, 2.24) is 27.0 Å². The summed E-state index contributed by atoms with van der Waals surface area (Å²) in [7, 11) is 7.45. The van der Waals surface area contributed by atoms with Crippen LogP contribution in [0.4, 0.5) is 0 Å². The van der Waals surface area contributed by atoms with Gasteiger partial charge in [0.2, 0.25) is 0 Å². The van der Waals surface area contributed by atoms with E-state index in [1.54, 1.807) is 0 Å². The summed E-state index contributed by atoms with van der Waals surface area (Å²) in [5.74, 6) is 0. The number of hydrogen-bond donors (Lipinski definition) is 0. The molecular formula is C14H28I4N6S4. The van der Waals surface area contributed by atoms with E-state index in [1.165, 1.54) is 39.3 Å². The van der Waals surface area contributed by atoms with E-state index in [1.807, 2.05) is 36.5 Å². The third kappa shape index (κ3) is 11.5. The molecule has 2 heterocycles. The molecule has 0 bridgehead atoms. The lowest BCUT2D eigenvalue weighted by molar-refractivity contribution is 0.193. The summed E-state index contributed by atoms with van der Waals surface area (Å²) >= 11 is 9.72. The van der Waals surface area contributed by atoms with Crippen molar-refractivity contribution in [3.63, 3.8) is 0 Å². The lowest BCUT2D eigenvalue weighted by Gasteiger charge is -2.29. The molecule has 28 heavy (non-hydrogen) atoms. The van der Waals surface area contributed by atoms with Gasteiger partial charge in [0.25, 0.3) is 0 Å². The molecule has 0 aromatic heterocycles. The van der Waals surface area contributed by atoms with Crippen molar-refractivity contribution in [3.8, 4) is 0 Å². The highest BCUT2D eigenvalue weighted by molar-refractivity contribution is 14.2. The summed E-state index contributed by atoms with van der Waals surface area (Å²) in [5, 5.41) is 0. The molecule has 2 saturated heterocycles. The topological polar surface area (TPSA) is 19.4 Å². The quantitative estimate of drug-likeness (QED) is 0.261. The van der Waals surface area contributed by atoms with Crippen LogP contribution in [0, 0.1) is 0 Å². The molecule has 0 amide bonds. The molecule has 166 valence electrons. The number of rotatable bonds is 7. The molecule has 0 aromatic rings. The van der Waals surface area contributed by atoms with Gasteiger partial charge in [-0.05, 0) is 36.5 Å². The molecule has 2 aliphatic rings. The second-order valence-electron chi connectivity index (χ2n) is 6.68. The lowest BCUT2D eigenvalue weighted by Crippen LogP contribution is -2.42.